The molecule has 1 aliphatic carbocycles. The van der Waals surface area contributed by atoms with E-state index in [2.05, 4.69) is 43.7 Å². The predicted octanol–water partition coefficient (Wildman–Crippen LogP) is 5.42. The van der Waals surface area contributed by atoms with Gasteiger partial charge in [-0.2, -0.15) is 4.98 Å². The van der Waals surface area contributed by atoms with Gasteiger partial charge in [-0.1, -0.05) is 12.1 Å². The SMILES string of the molecule is CC(C)n1c(=O)c(-c2ccc(NS(=O)(=O)c3ccccc3OC(F)(F)F)nc2)cc2cnc(N[C@H]3CC[C@H](N(C)C)CC3)nc21. The van der Waals surface area contributed by atoms with E-state index in [0.29, 0.717) is 34.2 Å². The van der Waals surface area contributed by atoms with Crippen molar-refractivity contribution < 1.29 is 26.3 Å². The molecule has 1 aromatic carbocycles. The Balaban J connectivity index is 1.40. The highest BCUT2D eigenvalue weighted by molar-refractivity contribution is 7.92. The number of sulfonamides is 1. The maximum atomic E-state index is 13.7. The van der Waals surface area contributed by atoms with Crippen molar-refractivity contribution in [3.8, 4) is 16.9 Å². The van der Waals surface area contributed by atoms with E-state index in [4.69, 9.17) is 4.98 Å². The maximum Gasteiger partial charge on any atom is 0.573 e. The highest BCUT2D eigenvalue weighted by atomic mass is 32.2. The normalized spacial score (nSPS) is 17.5. The first-order chi connectivity index (χ1) is 21.2. The molecule has 1 saturated carbocycles. The van der Waals surface area contributed by atoms with Crippen LogP contribution in [0.25, 0.3) is 22.2 Å². The van der Waals surface area contributed by atoms with Gasteiger partial charge in [0.1, 0.15) is 22.1 Å². The van der Waals surface area contributed by atoms with Crippen molar-refractivity contribution in [3.63, 3.8) is 0 Å². The van der Waals surface area contributed by atoms with Gasteiger partial charge in [0.05, 0.1) is 0 Å². The summed E-state index contributed by atoms with van der Waals surface area (Å²) in [5.74, 6) is -0.584. The molecule has 4 aromatic rings. The first-order valence-corrected chi connectivity index (χ1v) is 15.9. The Morgan fingerprint density at radius 2 is 1.73 bits per heavy atom. The van der Waals surface area contributed by atoms with Crippen LogP contribution in [0, 0.1) is 0 Å². The number of ether oxygens (including phenoxy) is 1. The molecule has 0 radical (unpaired) electrons. The molecule has 11 nitrogen and oxygen atoms in total. The van der Waals surface area contributed by atoms with Crippen LogP contribution in [-0.4, -0.2) is 65.4 Å². The number of aromatic nitrogens is 4. The zero-order valence-corrected chi connectivity index (χ0v) is 26.0. The van der Waals surface area contributed by atoms with E-state index in [1.807, 2.05) is 13.8 Å². The Hall–Kier alpha value is -4.24. The maximum absolute atomic E-state index is 13.7. The highest BCUT2D eigenvalue weighted by Crippen LogP contribution is 2.31. The number of nitrogens with one attached hydrogen (secondary N) is 2. The number of alkyl halides is 3. The third-order valence-corrected chi connectivity index (χ3v) is 9.12. The van der Waals surface area contributed by atoms with Gasteiger partial charge in [-0.05, 0) is 84.0 Å². The van der Waals surface area contributed by atoms with Crippen LogP contribution in [0.15, 0.2) is 64.5 Å². The largest absolute Gasteiger partial charge is 0.573 e. The van der Waals surface area contributed by atoms with Crippen LogP contribution in [0.4, 0.5) is 24.9 Å². The van der Waals surface area contributed by atoms with Gasteiger partial charge in [-0.25, -0.2) is 18.4 Å². The van der Waals surface area contributed by atoms with E-state index in [0.717, 1.165) is 37.8 Å². The van der Waals surface area contributed by atoms with E-state index < -0.39 is 27.0 Å². The molecule has 0 amide bonds. The van der Waals surface area contributed by atoms with Crippen LogP contribution >= 0.6 is 0 Å². The molecular formula is C30H34F3N7O4S. The number of nitrogens with zero attached hydrogens (tertiary/aromatic N) is 5. The minimum atomic E-state index is -5.08. The van der Waals surface area contributed by atoms with Crippen LogP contribution in [-0.2, 0) is 10.0 Å². The molecule has 0 bridgehead atoms. The molecule has 0 unspecified atom stereocenters. The van der Waals surface area contributed by atoms with Crippen LogP contribution < -0.4 is 20.3 Å². The van der Waals surface area contributed by atoms with Crippen molar-refractivity contribution in [1.82, 2.24) is 24.4 Å². The minimum absolute atomic E-state index is 0.163. The van der Waals surface area contributed by atoms with Gasteiger partial charge in [0.15, 0.2) is 0 Å². The number of benzene rings is 1. The third-order valence-electron chi connectivity index (χ3n) is 7.73. The molecule has 3 heterocycles. The summed E-state index contributed by atoms with van der Waals surface area (Å²) >= 11 is 0. The predicted molar refractivity (Wildman–Crippen MR) is 165 cm³/mol. The van der Waals surface area contributed by atoms with Gasteiger partial charge < -0.3 is 15.0 Å². The quantitative estimate of drug-likeness (QED) is 0.245. The average molecular weight is 646 g/mol. The van der Waals surface area contributed by atoms with Crippen molar-refractivity contribution in [1.29, 1.82) is 0 Å². The fourth-order valence-electron chi connectivity index (χ4n) is 5.48. The molecule has 2 N–H and O–H groups in total. The second-order valence-corrected chi connectivity index (χ2v) is 13.1. The fraction of sp³-hybridized carbons (Fsp3) is 0.400. The number of para-hydroxylation sites is 1. The van der Waals surface area contributed by atoms with Crippen molar-refractivity contribution in [2.75, 3.05) is 24.1 Å². The number of hydrogen-bond donors (Lipinski definition) is 2. The number of pyridine rings is 2. The van der Waals surface area contributed by atoms with Crippen LogP contribution in [0.1, 0.15) is 45.6 Å². The van der Waals surface area contributed by atoms with Gasteiger partial charge in [0, 0.05) is 47.0 Å². The summed E-state index contributed by atoms with van der Waals surface area (Å²) in [6, 6.07) is 9.41. The summed E-state index contributed by atoms with van der Waals surface area (Å²) in [7, 11) is -0.309. The average Bonchev–Trinajstić information content (AvgIpc) is 2.96. The molecule has 15 heteroatoms. The summed E-state index contributed by atoms with van der Waals surface area (Å²) in [6.45, 7) is 3.75. The lowest BCUT2D eigenvalue weighted by Crippen LogP contribution is -2.36. The smallest absolute Gasteiger partial charge is 0.404 e. The fourth-order valence-corrected chi connectivity index (χ4v) is 6.62. The second kappa shape index (κ2) is 12.6. The molecule has 0 aliphatic heterocycles. The first-order valence-electron chi connectivity index (χ1n) is 14.4. The molecule has 5 rings (SSSR count). The standard InChI is InChI=1S/C30H34F3N7O4S/c1-18(2)40-27-20(17-35-29(37-27)36-21-10-12-22(13-11-21)39(3)4)15-23(28(40)41)19-9-14-26(34-16-19)38-45(42,43)25-8-6-5-7-24(25)44-30(31,32)33/h5-9,14-18,21-22H,10-13H2,1-4H3,(H,34,38)(H,35,36,37)/t21-,22-. The molecule has 240 valence electrons. The van der Waals surface area contributed by atoms with Crippen LogP contribution in [0.5, 0.6) is 5.75 Å². The van der Waals surface area contributed by atoms with Crippen molar-refractivity contribution in [2.45, 2.75) is 68.9 Å². The molecule has 0 saturated heterocycles. The lowest BCUT2D eigenvalue weighted by molar-refractivity contribution is -0.275. The lowest BCUT2D eigenvalue weighted by atomic mass is 9.91. The summed E-state index contributed by atoms with van der Waals surface area (Å²) in [5, 5.41) is 4.06. The first kappa shape index (κ1) is 32.2. The Kier molecular flexibility index (Phi) is 9.03. The topological polar surface area (TPSA) is 131 Å². The second-order valence-electron chi connectivity index (χ2n) is 11.4. The summed E-state index contributed by atoms with van der Waals surface area (Å²) in [4.78, 5) is 28.6. The van der Waals surface area contributed by atoms with Crippen molar-refractivity contribution in [3.05, 3.63) is 65.2 Å². The summed E-state index contributed by atoms with van der Waals surface area (Å²) in [6.07, 6.45) is 2.03. The minimum Gasteiger partial charge on any atom is -0.404 e. The summed E-state index contributed by atoms with van der Waals surface area (Å²) < 4.78 is 71.9. The Labute approximate surface area is 258 Å². The van der Waals surface area contributed by atoms with Gasteiger partial charge >= 0.3 is 6.36 Å². The van der Waals surface area contributed by atoms with E-state index in [1.165, 1.54) is 30.5 Å². The van der Waals surface area contributed by atoms with Gasteiger partial charge in [0.25, 0.3) is 15.6 Å². The van der Waals surface area contributed by atoms with Crippen molar-refractivity contribution >= 4 is 32.8 Å². The number of halogens is 3. The van der Waals surface area contributed by atoms with E-state index in [9.17, 15) is 26.4 Å². The summed E-state index contributed by atoms with van der Waals surface area (Å²) in [5.41, 5.74) is 0.866. The van der Waals surface area contributed by atoms with Gasteiger partial charge in [-0.15, -0.1) is 13.2 Å². The van der Waals surface area contributed by atoms with Gasteiger partial charge in [-0.3, -0.25) is 14.1 Å². The van der Waals surface area contributed by atoms with E-state index >= 15 is 0 Å². The molecule has 0 spiro atoms. The molecule has 45 heavy (non-hydrogen) atoms. The van der Waals surface area contributed by atoms with Crippen molar-refractivity contribution in [2.24, 2.45) is 0 Å². The van der Waals surface area contributed by atoms with Gasteiger partial charge in [0.2, 0.25) is 5.95 Å². The molecule has 3 aromatic heterocycles. The molecule has 1 aliphatic rings. The Bertz CT molecular complexity index is 1840. The van der Waals surface area contributed by atoms with Crippen LogP contribution in [0.2, 0.25) is 0 Å². The Morgan fingerprint density at radius 3 is 2.36 bits per heavy atom. The third kappa shape index (κ3) is 7.36. The van der Waals surface area contributed by atoms with Crippen LogP contribution in [0.3, 0.4) is 0 Å². The number of rotatable bonds is 9. The highest BCUT2D eigenvalue weighted by Gasteiger charge is 2.34. The molecule has 0 atom stereocenters. The molecular weight excluding hydrogens is 611 g/mol. The number of fused-ring (bicyclic) bond motifs is 1. The zero-order chi connectivity index (χ0) is 32.5. The lowest BCUT2D eigenvalue weighted by Gasteiger charge is -2.33. The number of anilines is 2. The number of hydrogen-bond acceptors (Lipinski definition) is 9. The van der Waals surface area contributed by atoms with E-state index in [-0.39, 0.29) is 23.5 Å². The van der Waals surface area contributed by atoms with E-state index in [1.54, 1.807) is 16.8 Å². The monoisotopic (exact) mass is 645 g/mol. The molecule has 1 fully saturated rings. The Morgan fingerprint density at radius 1 is 1.02 bits per heavy atom. The zero-order valence-electron chi connectivity index (χ0n) is 25.2.